The van der Waals surface area contributed by atoms with E-state index in [0.29, 0.717) is 23.9 Å². The number of hydrogen-bond acceptors (Lipinski definition) is 6. The molecule has 24 heavy (non-hydrogen) atoms. The van der Waals surface area contributed by atoms with E-state index in [1.54, 1.807) is 6.07 Å². The summed E-state index contributed by atoms with van der Waals surface area (Å²) in [5.74, 6) is 0.0613. The van der Waals surface area contributed by atoms with Crippen LogP contribution in [0.1, 0.15) is 23.2 Å². The van der Waals surface area contributed by atoms with Crippen LogP contribution in [0, 0.1) is 0 Å². The zero-order chi connectivity index (χ0) is 17.4. The third kappa shape index (κ3) is 5.01. The number of methoxy groups -OCH3 is 2. The molecule has 0 atom stereocenters. The van der Waals surface area contributed by atoms with Gasteiger partial charge in [0.15, 0.2) is 11.5 Å². The highest BCUT2D eigenvalue weighted by atomic mass is 16.5. The number of carboxylic acid groups (broad SMARTS) is 1. The van der Waals surface area contributed by atoms with E-state index in [0.717, 1.165) is 45.7 Å². The Morgan fingerprint density at radius 2 is 1.79 bits per heavy atom. The molecule has 1 aliphatic heterocycles. The number of ether oxygens (including phenoxy) is 4. The van der Waals surface area contributed by atoms with Crippen LogP contribution in [0.3, 0.4) is 0 Å². The van der Waals surface area contributed by atoms with Gasteiger partial charge in [-0.1, -0.05) is 0 Å². The van der Waals surface area contributed by atoms with Crippen LogP contribution in [0.5, 0.6) is 17.2 Å². The number of hydrogen-bond donors (Lipinski definition) is 1. The van der Waals surface area contributed by atoms with Crippen molar-refractivity contribution in [2.45, 2.75) is 12.8 Å². The maximum atomic E-state index is 11.4. The van der Waals surface area contributed by atoms with Crippen LogP contribution in [-0.2, 0) is 4.74 Å². The first-order chi connectivity index (χ1) is 11.7. The lowest BCUT2D eigenvalue weighted by Gasteiger charge is -2.26. The molecule has 7 nitrogen and oxygen atoms in total. The average molecular weight is 339 g/mol. The molecule has 0 bridgehead atoms. The average Bonchev–Trinajstić information content (AvgIpc) is 2.61. The van der Waals surface area contributed by atoms with E-state index in [9.17, 15) is 9.90 Å². The smallest absolute Gasteiger partial charge is 0.339 e. The van der Waals surface area contributed by atoms with E-state index < -0.39 is 5.97 Å². The van der Waals surface area contributed by atoms with Gasteiger partial charge in [-0.3, -0.25) is 4.90 Å². The van der Waals surface area contributed by atoms with E-state index in [-0.39, 0.29) is 5.56 Å². The number of morpholine rings is 1. The summed E-state index contributed by atoms with van der Waals surface area (Å²) in [6.45, 7) is 5.00. The molecule has 1 fully saturated rings. The Hall–Kier alpha value is -1.99. The van der Waals surface area contributed by atoms with Crippen LogP contribution in [-0.4, -0.2) is 69.7 Å². The fourth-order valence-electron chi connectivity index (χ4n) is 2.59. The number of carboxylic acids is 1. The van der Waals surface area contributed by atoms with Crippen LogP contribution in [0.4, 0.5) is 0 Å². The molecule has 134 valence electrons. The molecule has 0 spiro atoms. The van der Waals surface area contributed by atoms with Crippen molar-refractivity contribution < 1.29 is 28.8 Å². The highest BCUT2D eigenvalue weighted by Crippen LogP contribution is 2.34. The molecule has 0 unspecified atom stereocenters. The number of aromatic carboxylic acids is 1. The van der Waals surface area contributed by atoms with Crippen LogP contribution < -0.4 is 14.2 Å². The Kier molecular flexibility index (Phi) is 7.14. The van der Waals surface area contributed by atoms with Gasteiger partial charge in [-0.05, 0) is 19.4 Å². The summed E-state index contributed by atoms with van der Waals surface area (Å²) >= 11 is 0. The molecule has 1 heterocycles. The molecule has 7 heteroatoms. The minimum Gasteiger partial charge on any atom is -0.493 e. The number of nitrogens with zero attached hydrogens (tertiary/aromatic N) is 1. The van der Waals surface area contributed by atoms with Gasteiger partial charge in [-0.25, -0.2) is 4.79 Å². The fourth-order valence-corrected chi connectivity index (χ4v) is 2.59. The molecule has 1 aromatic rings. The molecule has 0 saturated carbocycles. The van der Waals surface area contributed by atoms with Gasteiger partial charge in [-0.2, -0.15) is 0 Å². The number of unbranched alkanes of at least 4 members (excludes halogenated alkanes) is 1. The molecule has 1 aromatic carbocycles. The minimum atomic E-state index is -1.06. The lowest BCUT2D eigenvalue weighted by molar-refractivity contribution is 0.0368. The summed E-state index contributed by atoms with van der Waals surface area (Å²) in [5.41, 5.74) is 0.0702. The second kappa shape index (κ2) is 9.34. The minimum absolute atomic E-state index is 0.0702. The van der Waals surface area contributed by atoms with Gasteiger partial charge in [0.25, 0.3) is 0 Å². The standard InChI is InChI=1S/C17H25NO6/c1-21-15-11-13(17(19)20)14(12-16(15)22-2)24-8-4-3-5-18-6-9-23-10-7-18/h11-12H,3-10H2,1-2H3,(H,19,20). The van der Waals surface area contributed by atoms with Crippen molar-refractivity contribution in [3.8, 4) is 17.2 Å². The van der Waals surface area contributed by atoms with Crippen LogP contribution >= 0.6 is 0 Å². The van der Waals surface area contributed by atoms with Crippen molar-refractivity contribution in [2.75, 3.05) is 53.7 Å². The molecule has 0 radical (unpaired) electrons. The summed E-state index contributed by atoms with van der Waals surface area (Å²) in [6.07, 6.45) is 1.85. The molecule has 2 rings (SSSR count). The Morgan fingerprint density at radius 3 is 2.42 bits per heavy atom. The fraction of sp³-hybridized carbons (Fsp3) is 0.588. The number of benzene rings is 1. The van der Waals surface area contributed by atoms with Crippen molar-refractivity contribution in [1.82, 2.24) is 4.90 Å². The third-order valence-corrected chi connectivity index (χ3v) is 3.95. The van der Waals surface area contributed by atoms with E-state index in [1.807, 2.05) is 0 Å². The lowest BCUT2D eigenvalue weighted by Crippen LogP contribution is -2.36. The van der Waals surface area contributed by atoms with Gasteiger partial charge >= 0.3 is 5.97 Å². The second-order valence-corrected chi connectivity index (χ2v) is 5.52. The number of carbonyl (C=O) groups is 1. The third-order valence-electron chi connectivity index (χ3n) is 3.95. The van der Waals surface area contributed by atoms with E-state index in [1.165, 1.54) is 20.3 Å². The molecule has 1 saturated heterocycles. The molecule has 0 aromatic heterocycles. The molecular weight excluding hydrogens is 314 g/mol. The van der Waals surface area contributed by atoms with Gasteiger partial charge in [0.1, 0.15) is 11.3 Å². The van der Waals surface area contributed by atoms with Crippen molar-refractivity contribution in [3.05, 3.63) is 17.7 Å². The van der Waals surface area contributed by atoms with Crippen LogP contribution in [0.25, 0.3) is 0 Å². The lowest BCUT2D eigenvalue weighted by atomic mass is 10.1. The van der Waals surface area contributed by atoms with Crippen molar-refractivity contribution in [1.29, 1.82) is 0 Å². The maximum absolute atomic E-state index is 11.4. The Bertz CT molecular complexity index is 542. The SMILES string of the molecule is COc1cc(OCCCCN2CCOCC2)c(C(=O)O)cc1OC. The van der Waals surface area contributed by atoms with Gasteiger partial charge in [-0.15, -0.1) is 0 Å². The molecule has 0 aliphatic carbocycles. The van der Waals surface area contributed by atoms with Crippen LogP contribution in [0.15, 0.2) is 12.1 Å². The van der Waals surface area contributed by atoms with Crippen molar-refractivity contribution in [3.63, 3.8) is 0 Å². The van der Waals surface area contributed by atoms with E-state index >= 15 is 0 Å². The molecule has 1 aliphatic rings. The second-order valence-electron chi connectivity index (χ2n) is 5.52. The van der Waals surface area contributed by atoms with Gasteiger partial charge in [0.2, 0.25) is 0 Å². The molecule has 1 N–H and O–H groups in total. The summed E-state index contributed by atoms with van der Waals surface area (Å²) in [4.78, 5) is 13.8. The first-order valence-electron chi connectivity index (χ1n) is 8.08. The quantitative estimate of drug-likeness (QED) is 0.688. The van der Waals surface area contributed by atoms with E-state index in [2.05, 4.69) is 4.90 Å². The highest BCUT2D eigenvalue weighted by molar-refractivity contribution is 5.92. The summed E-state index contributed by atoms with van der Waals surface area (Å²) in [5, 5.41) is 9.33. The Labute approximate surface area is 142 Å². The van der Waals surface area contributed by atoms with Crippen LogP contribution in [0.2, 0.25) is 0 Å². The first kappa shape index (κ1) is 18.4. The largest absolute Gasteiger partial charge is 0.493 e. The normalized spacial score (nSPS) is 15.1. The topological polar surface area (TPSA) is 77.5 Å². The summed E-state index contributed by atoms with van der Waals surface area (Å²) < 4.78 is 21.3. The van der Waals surface area contributed by atoms with E-state index in [4.69, 9.17) is 18.9 Å². The Balaban J connectivity index is 1.87. The predicted octanol–water partition coefficient (Wildman–Crippen LogP) is 1.89. The van der Waals surface area contributed by atoms with Crippen molar-refractivity contribution in [2.24, 2.45) is 0 Å². The first-order valence-corrected chi connectivity index (χ1v) is 8.08. The summed E-state index contributed by atoms with van der Waals surface area (Å²) in [7, 11) is 2.97. The Morgan fingerprint density at radius 1 is 1.12 bits per heavy atom. The van der Waals surface area contributed by atoms with Gasteiger partial charge < -0.3 is 24.1 Å². The predicted molar refractivity (Wildman–Crippen MR) is 88.5 cm³/mol. The molecular formula is C17H25NO6. The van der Waals surface area contributed by atoms with Crippen molar-refractivity contribution >= 4 is 5.97 Å². The highest BCUT2D eigenvalue weighted by Gasteiger charge is 2.17. The van der Waals surface area contributed by atoms with Gasteiger partial charge in [0, 0.05) is 25.2 Å². The number of rotatable bonds is 9. The monoisotopic (exact) mass is 339 g/mol. The maximum Gasteiger partial charge on any atom is 0.339 e. The molecule has 0 amide bonds. The zero-order valence-electron chi connectivity index (χ0n) is 14.2. The summed E-state index contributed by atoms with van der Waals surface area (Å²) in [6, 6.07) is 2.98. The zero-order valence-corrected chi connectivity index (χ0v) is 14.2. The van der Waals surface area contributed by atoms with Gasteiger partial charge in [0.05, 0.1) is 34.0 Å².